The van der Waals surface area contributed by atoms with Gasteiger partial charge in [-0.1, -0.05) is 6.07 Å². The largest absolute Gasteiger partial charge is 0.497 e. The third kappa shape index (κ3) is 4.64. The van der Waals surface area contributed by atoms with Crippen LogP contribution in [0.25, 0.3) is 11.3 Å². The number of carbonyl (C=O) groups is 1. The highest BCUT2D eigenvalue weighted by Gasteiger charge is 2.13. The Morgan fingerprint density at radius 2 is 2.04 bits per heavy atom. The number of aromatic nitrogens is 1. The Morgan fingerprint density at radius 1 is 1.22 bits per heavy atom. The Kier molecular flexibility index (Phi) is 6.08. The normalized spacial score (nSPS) is 10.5. The molecule has 0 saturated carbocycles. The van der Waals surface area contributed by atoms with Crippen LogP contribution in [0.4, 0.5) is 9.52 Å². The van der Waals surface area contributed by atoms with Crippen LogP contribution in [0, 0.1) is 5.82 Å². The van der Waals surface area contributed by atoms with E-state index in [4.69, 9.17) is 9.47 Å². The Hall–Kier alpha value is -2.45. The molecule has 8 heteroatoms. The number of hydrogen-bond donors (Lipinski definition) is 1. The minimum absolute atomic E-state index is 0.121. The van der Waals surface area contributed by atoms with Crippen LogP contribution in [0.5, 0.6) is 11.5 Å². The molecule has 0 bridgehead atoms. The van der Waals surface area contributed by atoms with E-state index in [9.17, 15) is 9.18 Å². The molecule has 5 nitrogen and oxygen atoms in total. The van der Waals surface area contributed by atoms with Gasteiger partial charge in [-0.25, -0.2) is 9.37 Å². The fourth-order valence-electron chi connectivity index (χ4n) is 2.47. The highest BCUT2D eigenvalue weighted by atomic mass is 79.9. The van der Waals surface area contributed by atoms with Crippen molar-refractivity contribution in [2.24, 2.45) is 0 Å². The number of hydrogen-bond acceptors (Lipinski definition) is 5. The Morgan fingerprint density at radius 3 is 2.74 bits per heavy atom. The average molecular weight is 451 g/mol. The maximum absolute atomic E-state index is 13.3. The van der Waals surface area contributed by atoms with E-state index < -0.39 is 0 Å². The second-order valence-corrected chi connectivity index (χ2v) is 7.29. The quantitative estimate of drug-likeness (QED) is 0.579. The molecule has 2 aromatic carbocycles. The molecule has 0 saturated heterocycles. The van der Waals surface area contributed by atoms with Gasteiger partial charge in [0.05, 0.1) is 30.8 Å². The summed E-state index contributed by atoms with van der Waals surface area (Å²) in [5, 5.41) is 5.08. The van der Waals surface area contributed by atoms with Crippen LogP contribution in [0.2, 0.25) is 0 Å². The van der Waals surface area contributed by atoms with Crippen LogP contribution in [0.3, 0.4) is 0 Å². The van der Waals surface area contributed by atoms with Gasteiger partial charge in [0.1, 0.15) is 17.3 Å². The van der Waals surface area contributed by atoms with E-state index in [0.717, 1.165) is 5.56 Å². The molecule has 3 aromatic rings. The van der Waals surface area contributed by atoms with Crippen LogP contribution in [0.15, 0.2) is 46.3 Å². The van der Waals surface area contributed by atoms with Crippen LogP contribution >= 0.6 is 27.3 Å². The van der Waals surface area contributed by atoms with E-state index in [0.29, 0.717) is 32.4 Å². The lowest BCUT2D eigenvalue weighted by Crippen LogP contribution is -2.14. The van der Waals surface area contributed by atoms with Gasteiger partial charge >= 0.3 is 0 Å². The summed E-state index contributed by atoms with van der Waals surface area (Å²) in [4.78, 5) is 16.7. The van der Waals surface area contributed by atoms with Crippen LogP contribution in [-0.4, -0.2) is 25.1 Å². The zero-order chi connectivity index (χ0) is 19.4. The number of benzene rings is 2. The number of nitrogens with one attached hydrogen (secondary N) is 1. The maximum atomic E-state index is 13.3. The summed E-state index contributed by atoms with van der Waals surface area (Å²) in [6, 6.07) is 9.92. The zero-order valence-corrected chi connectivity index (χ0v) is 17.0. The van der Waals surface area contributed by atoms with Gasteiger partial charge in [0.15, 0.2) is 5.13 Å². The fourth-order valence-corrected chi connectivity index (χ4v) is 3.62. The summed E-state index contributed by atoms with van der Waals surface area (Å²) in [6.07, 6.45) is 0.121. The minimum Gasteiger partial charge on any atom is -0.497 e. The number of methoxy groups -OCH3 is 2. The predicted octanol–water partition coefficient (Wildman–Crippen LogP) is 4.91. The molecule has 3 rings (SSSR count). The monoisotopic (exact) mass is 450 g/mol. The van der Waals surface area contributed by atoms with E-state index in [1.165, 1.54) is 17.4 Å². The Balaban J connectivity index is 1.74. The second kappa shape index (κ2) is 8.49. The number of amides is 1. The summed E-state index contributed by atoms with van der Waals surface area (Å²) < 4.78 is 24.2. The number of nitrogens with zero attached hydrogens (tertiary/aromatic N) is 1. The van der Waals surface area contributed by atoms with Crippen molar-refractivity contribution in [3.05, 3.63) is 57.6 Å². The summed E-state index contributed by atoms with van der Waals surface area (Å²) in [6.45, 7) is 0. The molecule has 0 aliphatic carbocycles. The van der Waals surface area contributed by atoms with Crippen molar-refractivity contribution >= 4 is 38.3 Å². The highest BCUT2D eigenvalue weighted by molar-refractivity contribution is 9.10. The first-order valence-electron chi connectivity index (χ1n) is 7.92. The third-order valence-corrected chi connectivity index (χ3v) is 5.15. The Labute approximate surface area is 168 Å². The molecule has 1 N–H and O–H groups in total. The number of rotatable bonds is 6. The predicted molar refractivity (Wildman–Crippen MR) is 107 cm³/mol. The first-order valence-corrected chi connectivity index (χ1v) is 9.59. The number of thiazole rings is 1. The van der Waals surface area contributed by atoms with Gasteiger partial charge in [-0.3, -0.25) is 4.79 Å². The number of ether oxygens (including phenoxy) is 2. The van der Waals surface area contributed by atoms with E-state index in [-0.39, 0.29) is 18.1 Å². The van der Waals surface area contributed by atoms with Crippen molar-refractivity contribution in [1.82, 2.24) is 4.98 Å². The van der Waals surface area contributed by atoms with E-state index in [1.807, 2.05) is 11.4 Å². The van der Waals surface area contributed by atoms with Gasteiger partial charge in [0.25, 0.3) is 0 Å². The molecule has 1 heterocycles. The molecule has 1 amide bonds. The van der Waals surface area contributed by atoms with Gasteiger partial charge in [-0.15, -0.1) is 11.3 Å². The molecule has 0 radical (unpaired) electrons. The standard InChI is InChI=1S/C19H16BrFN2O3S/c1-25-12-4-6-17(26-2)13(9-12)16-10-27-19(22-16)23-18(24)8-11-3-5-15(21)14(20)7-11/h3-7,9-10H,8H2,1-2H3,(H,22,23,24). The lowest BCUT2D eigenvalue weighted by atomic mass is 10.1. The molecule has 0 fully saturated rings. The van der Waals surface area contributed by atoms with Gasteiger partial charge < -0.3 is 14.8 Å². The third-order valence-electron chi connectivity index (χ3n) is 3.78. The molecule has 1 aromatic heterocycles. The van der Waals surface area contributed by atoms with E-state index in [1.54, 1.807) is 38.5 Å². The molecule has 0 atom stereocenters. The highest BCUT2D eigenvalue weighted by Crippen LogP contribution is 2.35. The van der Waals surface area contributed by atoms with Gasteiger partial charge in [0.2, 0.25) is 5.91 Å². The minimum atomic E-state index is -0.365. The number of halogens is 2. The lowest BCUT2D eigenvalue weighted by molar-refractivity contribution is -0.115. The molecule has 140 valence electrons. The molecule has 0 aliphatic heterocycles. The van der Waals surface area contributed by atoms with Gasteiger partial charge in [-0.05, 0) is 51.8 Å². The number of anilines is 1. The Bertz CT molecular complexity index is 977. The summed E-state index contributed by atoms with van der Waals surface area (Å²) >= 11 is 4.43. The first-order chi connectivity index (χ1) is 13.0. The number of carbonyl (C=O) groups excluding carboxylic acids is 1. The summed E-state index contributed by atoms with van der Waals surface area (Å²) in [7, 11) is 3.17. The molecular weight excluding hydrogens is 435 g/mol. The average Bonchev–Trinajstić information content (AvgIpc) is 3.12. The maximum Gasteiger partial charge on any atom is 0.230 e. The van der Waals surface area contributed by atoms with Crippen molar-refractivity contribution < 1.29 is 18.7 Å². The first kappa shape index (κ1) is 19.3. The SMILES string of the molecule is COc1ccc(OC)c(-c2csc(NC(=O)Cc3ccc(F)c(Br)c3)n2)c1. The molecule has 0 unspecified atom stereocenters. The lowest BCUT2D eigenvalue weighted by Gasteiger charge is -2.08. The van der Waals surface area contributed by atoms with Gasteiger partial charge in [-0.2, -0.15) is 0 Å². The second-order valence-electron chi connectivity index (χ2n) is 5.58. The topological polar surface area (TPSA) is 60.5 Å². The van der Waals surface area contributed by atoms with Crippen molar-refractivity contribution in [2.75, 3.05) is 19.5 Å². The van der Waals surface area contributed by atoms with E-state index in [2.05, 4.69) is 26.2 Å². The van der Waals surface area contributed by atoms with Crippen molar-refractivity contribution in [1.29, 1.82) is 0 Å². The fraction of sp³-hybridized carbons (Fsp3) is 0.158. The van der Waals surface area contributed by atoms with Crippen molar-refractivity contribution in [3.63, 3.8) is 0 Å². The van der Waals surface area contributed by atoms with Crippen LogP contribution in [0.1, 0.15) is 5.56 Å². The van der Waals surface area contributed by atoms with E-state index >= 15 is 0 Å². The van der Waals surface area contributed by atoms with Crippen LogP contribution < -0.4 is 14.8 Å². The molecule has 0 spiro atoms. The summed E-state index contributed by atoms with van der Waals surface area (Å²) in [5.41, 5.74) is 2.15. The zero-order valence-electron chi connectivity index (χ0n) is 14.6. The molecule has 0 aliphatic rings. The van der Waals surface area contributed by atoms with Crippen molar-refractivity contribution in [2.45, 2.75) is 6.42 Å². The smallest absolute Gasteiger partial charge is 0.230 e. The summed E-state index contributed by atoms with van der Waals surface area (Å²) in [5.74, 6) is 0.754. The van der Waals surface area contributed by atoms with Crippen LogP contribution in [-0.2, 0) is 11.2 Å². The molecular formula is C19H16BrFN2O3S. The molecule has 27 heavy (non-hydrogen) atoms. The van der Waals surface area contributed by atoms with Gasteiger partial charge in [0, 0.05) is 10.9 Å². The van der Waals surface area contributed by atoms with Crippen molar-refractivity contribution in [3.8, 4) is 22.8 Å².